The lowest BCUT2D eigenvalue weighted by Gasteiger charge is -2.45. The van der Waals surface area contributed by atoms with Gasteiger partial charge in [0, 0.05) is 53.3 Å². The van der Waals surface area contributed by atoms with E-state index in [1.165, 1.54) is 6.42 Å². The summed E-state index contributed by atoms with van der Waals surface area (Å²) in [5.74, 6) is 6.76. The molecule has 2 aromatic rings. The molecule has 4 bridgehead atoms. The van der Waals surface area contributed by atoms with E-state index in [1.54, 1.807) is 0 Å². The Morgan fingerprint density at radius 2 is 2.03 bits per heavy atom. The highest BCUT2D eigenvalue weighted by atomic mass is 35.5. The van der Waals surface area contributed by atoms with Crippen LogP contribution in [0.1, 0.15) is 19.3 Å². The predicted molar refractivity (Wildman–Crippen MR) is 112 cm³/mol. The molecular formula is C24H26ClN3O. The number of pyridine rings is 1. The number of hydrogen-bond donors (Lipinski definition) is 2. The van der Waals surface area contributed by atoms with E-state index in [0.717, 1.165) is 89.1 Å². The smallest absolute Gasteiger partial charge is 0.125 e. The van der Waals surface area contributed by atoms with E-state index in [1.807, 2.05) is 30.5 Å². The molecule has 1 aromatic heterocycles. The number of nitrogens with one attached hydrogen (secondary N) is 1. The van der Waals surface area contributed by atoms with Gasteiger partial charge in [0.15, 0.2) is 0 Å². The van der Waals surface area contributed by atoms with Gasteiger partial charge in [-0.1, -0.05) is 11.6 Å². The summed E-state index contributed by atoms with van der Waals surface area (Å²) in [5, 5.41) is 17.2. The van der Waals surface area contributed by atoms with Gasteiger partial charge in [-0.2, -0.15) is 0 Å². The second-order valence-corrected chi connectivity index (χ2v) is 11.0. The van der Waals surface area contributed by atoms with E-state index < -0.39 is 5.72 Å². The number of nitrogens with zero attached hydrogens (tertiary/aromatic N) is 2. The summed E-state index contributed by atoms with van der Waals surface area (Å²) < 4.78 is 0. The third-order valence-corrected chi connectivity index (χ3v) is 10.3. The zero-order valence-electron chi connectivity index (χ0n) is 16.3. The highest BCUT2D eigenvalue weighted by Gasteiger charge is 2.93. The average molecular weight is 408 g/mol. The van der Waals surface area contributed by atoms with Crippen molar-refractivity contribution in [3.63, 3.8) is 0 Å². The summed E-state index contributed by atoms with van der Waals surface area (Å²) >= 11 is 6.10. The molecule has 10 unspecified atom stereocenters. The lowest BCUT2D eigenvalue weighted by molar-refractivity contribution is -0.131. The van der Waals surface area contributed by atoms with Crippen molar-refractivity contribution < 1.29 is 5.11 Å². The fourth-order valence-corrected chi connectivity index (χ4v) is 9.94. The normalized spacial score (nSPS) is 49.1. The van der Waals surface area contributed by atoms with Crippen molar-refractivity contribution in [1.82, 2.24) is 9.88 Å². The molecule has 5 heteroatoms. The van der Waals surface area contributed by atoms with Crippen molar-refractivity contribution in [2.24, 2.45) is 47.3 Å². The fraction of sp³-hybridized carbons (Fsp3) is 0.625. The zero-order chi connectivity index (χ0) is 19.1. The molecule has 2 saturated heterocycles. The first-order valence-corrected chi connectivity index (χ1v) is 11.8. The fourth-order valence-electron chi connectivity index (χ4n) is 9.77. The Hall–Kier alpha value is -1.36. The van der Waals surface area contributed by atoms with Crippen molar-refractivity contribution in [3.05, 3.63) is 35.5 Å². The Kier molecular flexibility index (Phi) is 2.87. The van der Waals surface area contributed by atoms with Crippen LogP contribution in [0.2, 0.25) is 5.02 Å². The Bertz CT molecular complexity index is 1060. The molecule has 150 valence electrons. The maximum atomic E-state index is 11.8. The second kappa shape index (κ2) is 5.09. The van der Waals surface area contributed by atoms with Gasteiger partial charge in [-0.05, 0) is 79.0 Å². The van der Waals surface area contributed by atoms with Gasteiger partial charge in [0.2, 0.25) is 0 Å². The molecule has 9 rings (SSSR count). The molecule has 7 aliphatic rings. The molecule has 2 aliphatic heterocycles. The van der Waals surface area contributed by atoms with Crippen LogP contribution in [-0.2, 0) is 0 Å². The first-order chi connectivity index (χ1) is 14.2. The summed E-state index contributed by atoms with van der Waals surface area (Å²) in [6, 6.07) is 8.67. The van der Waals surface area contributed by atoms with E-state index >= 15 is 0 Å². The summed E-state index contributed by atoms with van der Waals surface area (Å²) in [6.45, 7) is 2.03. The molecule has 2 N–H and O–H groups in total. The monoisotopic (exact) mass is 407 g/mol. The van der Waals surface area contributed by atoms with Crippen LogP contribution in [0.4, 0.5) is 5.69 Å². The molecule has 0 radical (unpaired) electrons. The lowest BCUT2D eigenvalue weighted by atomic mass is 9.59. The number of fused-ring (bicyclic) bond motifs is 1. The van der Waals surface area contributed by atoms with Crippen LogP contribution < -0.4 is 5.32 Å². The van der Waals surface area contributed by atoms with Crippen LogP contribution in [0.15, 0.2) is 30.5 Å². The first-order valence-electron chi connectivity index (χ1n) is 11.5. The third-order valence-electron chi connectivity index (χ3n) is 10.1. The number of unbranched alkanes of at least 4 members (excludes halogenated alkanes) is 1. The molecular weight excluding hydrogens is 382 g/mol. The van der Waals surface area contributed by atoms with Crippen LogP contribution in [-0.4, -0.2) is 39.8 Å². The average Bonchev–Trinajstić information content (AvgIpc) is 3.34. The lowest BCUT2D eigenvalue weighted by Crippen LogP contribution is -2.51. The molecule has 5 saturated carbocycles. The van der Waals surface area contributed by atoms with Gasteiger partial charge in [-0.3, -0.25) is 9.88 Å². The van der Waals surface area contributed by atoms with Crippen LogP contribution >= 0.6 is 11.6 Å². The molecule has 10 atom stereocenters. The quantitative estimate of drug-likeness (QED) is 0.714. The van der Waals surface area contributed by atoms with Crippen LogP contribution in [0, 0.1) is 47.3 Å². The number of aliphatic hydroxyl groups is 1. The Morgan fingerprint density at radius 3 is 2.97 bits per heavy atom. The van der Waals surface area contributed by atoms with Gasteiger partial charge in [0.25, 0.3) is 0 Å². The molecule has 29 heavy (non-hydrogen) atoms. The molecule has 5 aliphatic carbocycles. The van der Waals surface area contributed by atoms with E-state index in [-0.39, 0.29) is 0 Å². The summed E-state index contributed by atoms with van der Waals surface area (Å²) in [5.41, 5.74) is 1.65. The largest absolute Gasteiger partial charge is 0.384 e. The SMILES string of the molecule is OC12C3C4CC5C6C4C1C6C(C53)N2CCCCNc1ccnc2cc(Cl)ccc12. The van der Waals surface area contributed by atoms with Gasteiger partial charge in [-0.15, -0.1) is 0 Å². The van der Waals surface area contributed by atoms with Crippen molar-refractivity contribution in [3.8, 4) is 0 Å². The van der Waals surface area contributed by atoms with Crippen molar-refractivity contribution in [2.75, 3.05) is 18.4 Å². The van der Waals surface area contributed by atoms with Crippen LogP contribution in [0.3, 0.4) is 0 Å². The van der Waals surface area contributed by atoms with E-state index in [0.29, 0.717) is 11.8 Å². The van der Waals surface area contributed by atoms with Crippen molar-refractivity contribution in [2.45, 2.75) is 31.0 Å². The number of anilines is 1. The van der Waals surface area contributed by atoms with E-state index in [4.69, 9.17) is 11.6 Å². The molecule has 0 spiro atoms. The zero-order valence-corrected chi connectivity index (χ0v) is 17.1. The van der Waals surface area contributed by atoms with E-state index in [2.05, 4.69) is 15.2 Å². The number of benzene rings is 1. The Balaban J connectivity index is 0.942. The molecule has 0 amide bonds. The Labute approximate surface area is 175 Å². The third kappa shape index (κ3) is 1.63. The van der Waals surface area contributed by atoms with Gasteiger partial charge >= 0.3 is 0 Å². The van der Waals surface area contributed by atoms with Gasteiger partial charge in [-0.25, -0.2) is 0 Å². The molecule has 3 heterocycles. The summed E-state index contributed by atoms with van der Waals surface area (Å²) in [6.07, 6.45) is 5.59. The number of rotatable bonds is 6. The van der Waals surface area contributed by atoms with Gasteiger partial charge < -0.3 is 10.4 Å². The standard InChI is InChI=1S/C24H26ClN3O/c25-11-3-4-12-15(5-7-27-16(12)9-11)26-6-1-2-8-28-23-19-13-10-14-18-17(13)20(23)22(18)24(28,29)21(14)19/h3-5,7,9,13-14,17-23,29H,1-2,6,8,10H2,(H,26,27). The van der Waals surface area contributed by atoms with Gasteiger partial charge in [0.1, 0.15) is 5.72 Å². The summed E-state index contributed by atoms with van der Waals surface area (Å²) in [7, 11) is 0. The number of halogens is 1. The maximum absolute atomic E-state index is 11.8. The van der Waals surface area contributed by atoms with Crippen LogP contribution in [0.25, 0.3) is 10.9 Å². The Morgan fingerprint density at radius 1 is 1.10 bits per heavy atom. The molecule has 7 fully saturated rings. The second-order valence-electron chi connectivity index (χ2n) is 10.5. The van der Waals surface area contributed by atoms with Crippen molar-refractivity contribution in [1.29, 1.82) is 0 Å². The molecule has 4 nitrogen and oxygen atoms in total. The predicted octanol–water partition coefficient (Wildman–Crippen LogP) is 3.84. The number of aromatic nitrogens is 1. The minimum atomic E-state index is -0.412. The highest BCUT2D eigenvalue weighted by Crippen LogP contribution is 2.90. The maximum Gasteiger partial charge on any atom is 0.125 e. The van der Waals surface area contributed by atoms with Gasteiger partial charge in [0.05, 0.1) is 5.52 Å². The minimum Gasteiger partial charge on any atom is -0.384 e. The summed E-state index contributed by atoms with van der Waals surface area (Å²) in [4.78, 5) is 7.03. The van der Waals surface area contributed by atoms with Crippen LogP contribution in [0.5, 0.6) is 0 Å². The van der Waals surface area contributed by atoms with E-state index in [9.17, 15) is 5.11 Å². The molecule has 1 aromatic carbocycles. The highest BCUT2D eigenvalue weighted by molar-refractivity contribution is 6.31. The minimum absolute atomic E-state index is 0.412. The number of hydrogen-bond acceptors (Lipinski definition) is 4. The van der Waals surface area contributed by atoms with Crippen molar-refractivity contribution >= 4 is 28.2 Å². The topological polar surface area (TPSA) is 48.4 Å². The first kappa shape index (κ1) is 16.3.